The highest BCUT2D eigenvalue weighted by Gasteiger charge is 2.11. The van der Waals surface area contributed by atoms with Gasteiger partial charge in [0.15, 0.2) is 5.78 Å². The lowest BCUT2D eigenvalue weighted by Crippen LogP contribution is -1.98. The molecule has 15 heavy (non-hydrogen) atoms. The van der Waals surface area contributed by atoms with Crippen molar-refractivity contribution in [2.45, 2.75) is 13.8 Å². The Morgan fingerprint density at radius 3 is 2.40 bits per heavy atom. The molecule has 0 heterocycles. The minimum atomic E-state index is -0.332. The van der Waals surface area contributed by atoms with E-state index in [0.29, 0.717) is 10.9 Å². The van der Waals surface area contributed by atoms with Gasteiger partial charge in [0.2, 0.25) is 0 Å². The zero-order chi connectivity index (χ0) is 11.0. The third-order valence-electron chi connectivity index (χ3n) is 2.64. The van der Waals surface area contributed by atoms with E-state index in [1.54, 1.807) is 12.1 Å². The van der Waals surface area contributed by atoms with Gasteiger partial charge < -0.3 is 0 Å². The van der Waals surface area contributed by atoms with Gasteiger partial charge in [0, 0.05) is 10.9 Å². The Balaban J connectivity index is 2.90. The largest absolute Gasteiger partial charge is 0.294 e. The lowest BCUT2D eigenvalue weighted by molar-refractivity contribution is 0.101. The molecule has 0 aliphatic heterocycles. The summed E-state index contributed by atoms with van der Waals surface area (Å²) in [6, 6.07) is 8.51. The zero-order valence-corrected chi connectivity index (χ0v) is 8.67. The molecular formula is C13H11FO. The molecule has 0 saturated heterocycles. The Hall–Kier alpha value is -1.70. The molecule has 0 saturated carbocycles. The number of carbonyl (C=O) groups excluding carboxylic acids is 1. The number of rotatable bonds is 1. The van der Waals surface area contributed by atoms with E-state index in [1.165, 1.54) is 13.0 Å². The molecule has 2 heteroatoms. The third-order valence-corrected chi connectivity index (χ3v) is 2.64. The average molecular weight is 202 g/mol. The summed E-state index contributed by atoms with van der Waals surface area (Å²) in [6.45, 7) is 3.30. The van der Waals surface area contributed by atoms with E-state index in [2.05, 4.69) is 0 Å². The predicted molar refractivity (Wildman–Crippen MR) is 58.6 cm³/mol. The van der Waals surface area contributed by atoms with Gasteiger partial charge in [-0.25, -0.2) is 4.39 Å². The van der Waals surface area contributed by atoms with Crippen molar-refractivity contribution in [3.63, 3.8) is 0 Å². The van der Waals surface area contributed by atoms with Gasteiger partial charge in [0.05, 0.1) is 0 Å². The number of carbonyl (C=O) groups is 1. The highest BCUT2D eigenvalue weighted by atomic mass is 19.1. The van der Waals surface area contributed by atoms with E-state index in [0.717, 1.165) is 10.9 Å². The van der Waals surface area contributed by atoms with Crippen LogP contribution in [0.15, 0.2) is 30.3 Å². The molecule has 2 rings (SSSR count). The van der Waals surface area contributed by atoms with Gasteiger partial charge in [0.1, 0.15) is 5.82 Å². The normalized spacial score (nSPS) is 10.6. The van der Waals surface area contributed by atoms with Gasteiger partial charge in [-0.15, -0.1) is 0 Å². The Morgan fingerprint density at radius 2 is 1.80 bits per heavy atom. The van der Waals surface area contributed by atoms with Crippen LogP contribution in [0.1, 0.15) is 22.8 Å². The minimum absolute atomic E-state index is 0.0999. The molecule has 0 fully saturated rings. The number of hydrogen-bond acceptors (Lipinski definition) is 1. The van der Waals surface area contributed by atoms with Gasteiger partial charge in [-0.2, -0.15) is 0 Å². The summed E-state index contributed by atoms with van der Waals surface area (Å²) in [5.74, 6) is -0.432. The van der Waals surface area contributed by atoms with Crippen molar-refractivity contribution in [2.75, 3.05) is 0 Å². The van der Waals surface area contributed by atoms with Gasteiger partial charge in [-0.05, 0) is 30.9 Å². The molecule has 0 bridgehead atoms. The topological polar surface area (TPSA) is 17.1 Å². The molecule has 0 radical (unpaired) electrons. The van der Waals surface area contributed by atoms with Gasteiger partial charge in [0.25, 0.3) is 0 Å². The maximum absolute atomic E-state index is 13.6. The summed E-state index contributed by atoms with van der Waals surface area (Å²) in [7, 11) is 0. The van der Waals surface area contributed by atoms with Crippen molar-refractivity contribution in [2.24, 2.45) is 0 Å². The predicted octanol–water partition coefficient (Wildman–Crippen LogP) is 3.49. The Morgan fingerprint density at radius 1 is 1.20 bits per heavy atom. The molecule has 2 aromatic carbocycles. The van der Waals surface area contributed by atoms with E-state index in [9.17, 15) is 9.18 Å². The molecule has 0 spiro atoms. The van der Waals surface area contributed by atoms with Crippen molar-refractivity contribution in [1.29, 1.82) is 0 Å². The summed E-state index contributed by atoms with van der Waals surface area (Å²) in [5, 5.41) is 1.38. The second kappa shape index (κ2) is 3.46. The first kappa shape index (κ1) is 9.84. The van der Waals surface area contributed by atoms with Crippen molar-refractivity contribution in [1.82, 2.24) is 0 Å². The fraction of sp³-hybridized carbons (Fsp3) is 0.154. The number of halogens is 1. The summed E-state index contributed by atoms with van der Waals surface area (Å²) < 4.78 is 13.6. The van der Waals surface area contributed by atoms with Gasteiger partial charge in [-0.1, -0.05) is 24.3 Å². The standard InChI is InChI=1S/C13H11FO/c1-8-10-5-3-4-6-11(10)13(14)7-12(8)9(2)15/h3-7H,1-2H3. The van der Waals surface area contributed by atoms with Crippen LogP contribution < -0.4 is 0 Å². The van der Waals surface area contributed by atoms with E-state index < -0.39 is 0 Å². The molecule has 0 amide bonds. The van der Waals surface area contributed by atoms with Crippen molar-refractivity contribution in [3.8, 4) is 0 Å². The lowest BCUT2D eigenvalue weighted by Gasteiger charge is -2.07. The van der Waals surface area contributed by atoms with Crippen molar-refractivity contribution < 1.29 is 9.18 Å². The number of aryl methyl sites for hydroxylation is 1. The molecule has 0 unspecified atom stereocenters. The van der Waals surface area contributed by atoms with Crippen LogP contribution in [-0.4, -0.2) is 5.78 Å². The molecule has 0 aliphatic carbocycles. The smallest absolute Gasteiger partial charge is 0.160 e. The summed E-state index contributed by atoms with van der Waals surface area (Å²) >= 11 is 0. The number of benzene rings is 2. The van der Waals surface area contributed by atoms with Crippen LogP contribution in [0.4, 0.5) is 4.39 Å². The first-order chi connectivity index (χ1) is 7.11. The fourth-order valence-electron chi connectivity index (χ4n) is 1.84. The van der Waals surface area contributed by atoms with Crippen LogP contribution in [0.2, 0.25) is 0 Å². The van der Waals surface area contributed by atoms with E-state index in [1.807, 2.05) is 19.1 Å². The van der Waals surface area contributed by atoms with Crippen LogP contribution >= 0.6 is 0 Å². The highest BCUT2D eigenvalue weighted by molar-refractivity contribution is 6.01. The first-order valence-corrected chi connectivity index (χ1v) is 4.80. The highest BCUT2D eigenvalue weighted by Crippen LogP contribution is 2.24. The molecule has 1 nitrogen and oxygen atoms in total. The monoisotopic (exact) mass is 202 g/mol. The second-order valence-electron chi connectivity index (χ2n) is 3.63. The Bertz CT molecular complexity index is 543. The van der Waals surface area contributed by atoms with E-state index in [4.69, 9.17) is 0 Å². The van der Waals surface area contributed by atoms with Crippen LogP contribution in [0.25, 0.3) is 10.8 Å². The second-order valence-corrected chi connectivity index (χ2v) is 3.63. The van der Waals surface area contributed by atoms with Crippen LogP contribution in [0.3, 0.4) is 0 Å². The zero-order valence-electron chi connectivity index (χ0n) is 8.67. The Labute approximate surface area is 87.5 Å². The quantitative estimate of drug-likeness (QED) is 0.647. The van der Waals surface area contributed by atoms with Crippen molar-refractivity contribution in [3.05, 3.63) is 47.3 Å². The van der Waals surface area contributed by atoms with Crippen LogP contribution in [0.5, 0.6) is 0 Å². The van der Waals surface area contributed by atoms with E-state index >= 15 is 0 Å². The number of ketones is 1. The molecule has 76 valence electrons. The SMILES string of the molecule is CC(=O)c1cc(F)c2ccccc2c1C. The molecule has 2 aromatic rings. The molecule has 0 N–H and O–H groups in total. The summed E-state index contributed by atoms with van der Waals surface area (Å²) in [5.41, 5.74) is 1.31. The van der Waals surface area contributed by atoms with E-state index in [-0.39, 0.29) is 11.6 Å². The maximum atomic E-state index is 13.6. The minimum Gasteiger partial charge on any atom is -0.294 e. The molecule has 0 aliphatic rings. The van der Waals surface area contributed by atoms with Gasteiger partial charge in [-0.3, -0.25) is 4.79 Å². The lowest BCUT2D eigenvalue weighted by atomic mass is 9.97. The van der Waals surface area contributed by atoms with Gasteiger partial charge >= 0.3 is 0 Å². The number of Topliss-reactive ketones (excluding diaryl/α,β-unsaturated/α-hetero) is 1. The third kappa shape index (κ3) is 1.52. The molecule has 0 aromatic heterocycles. The Kier molecular flexibility index (Phi) is 2.27. The number of hydrogen-bond donors (Lipinski definition) is 0. The summed E-state index contributed by atoms with van der Waals surface area (Å²) in [4.78, 5) is 11.3. The fourth-order valence-corrected chi connectivity index (χ4v) is 1.84. The maximum Gasteiger partial charge on any atom is 0.160 e. The van der Waals surface area contributed by atoms with Crippen LogP contribution in [-0.2, 0) is 0 Å². The molecule has 0 atom stereocenters. The van der Waals surface area contributed by atoms with Crippen molar-refractivity contribution >= 4 is 16.6 Å². The average Bonchev–Trinajstić information content (AvgIpc) is 2.23. The first-order valence-electron chi connectivity index (χ1n) is 4.80. The summed E-state index contributed by atoms with van der Waals surface area (Å²) in [6.07, 6.45) is 0. The van der Waals surface area contributed by atoms with Crippen LogP contribution in [0, 0.1) is 12.7 Å². The molecular weight excluding hydrogens is 191 g/mol. The number of fused-ring (bicyclic) bond motifs is 1.